The number of hydrogen-bond donors (Lipinski definition) is 1. The fraction of sp³-hybridized carbons (Fsp3) is 0.333. The van der Waals surface area contributed by atoms with Gasteiger partial charge in [-0.1, -0.05) is 18.2 Å². The number of ether oxygens (including phenoxy) is 1. The molecule has 1 aliphatic heterocycles. The van der Waals surface area contributed by atoms with Crippen molar-refractivity contribution in [1.29, 1.82) is 0 Å². The van der Waals surface area contributed by atoms with Crippen LogP contribution in [0.25, 0.3) is 6.08 Å². The van der Waals surface area contributed by atoms with Gasteiger partial charge in [0.2, 0.25) is 11.8 Å². The topological polar surface area (TPSA) is 71.8 Å². The van der Waals surface area contributed by atoms with Gasteiger partial charge < -0.3 is 19.4 Å². The predicted molar refractivity (Wildman–Crippen MR) is 102 cm³/mol. The lowest BCUT2D eigenvalue weighted by Gasteiger charge is -2.30. The Bertz CT molecular complexity index is 886. The first-order chi connectivity index (χ1) is 14.3. The number of hydrogen-bond acceptors (Lipinski definition) is 4. The molecule has 30 heavy (non-hydrogen) atoms. The van der Waals surface area contributed by atoms with Crippen molar-refractivity contribution in [2.45, 2.75) is 25.7 Å². The summed E-state index contributed by atoms with van der Waals surface area (Å²) >= 11 is 0. The molecule has 9 heteroatoms. The van der Waals surface area contributed by atoms with Gasteiger partial charge >= 0.3 is 6.36 Å². The van der Waals surface area contributed by atoms with Gasteiger partial charge in [-0.2, -0.15) is 0 Å². The van der Waals surface area contributed by atoms with Crippen molar-refractivity contribution in [3.8, 4) is 5.75 Å². The zero-order valence-corrected chi connectivity index (χ0v) is 16.0. The van der Waals surface area contributed by atoms with Crippen molar-refractivity contribution >= 4 is 17.9 Å². The third-order valence-electron chi connectivity index (χ3n) is 4.74. The predicted octanol–water partition coefficient (Wildman–Crippen LogP) is 3.75. The van der Waals surface area contributed by atoms with Crippen LogP contribution < -0.4 is 10.1 Å². The van der Waals surface area contributed by atoms with Crippen molar-refractivity contribution in [2.24, 2.45) is 5.92 Å². The maximum atomic E-state index is 12.5. The minimum atomic E-state index is -4.81. The number of furan rings is 1. The van der Waals surface area contributed by atoms with Crippen molar-refractivity contribution in [3.63, 3.8) is 0 Å². The van der Waals surface area contributed by atoms with Crippen molar-refractivity contribution in [1.82, 2.24) is 10.2 Å². The number of alkyl halides is 3. The second-order valence-corrected chi connectivity index (χ2v) is 6.82. The lowest BCUT2D eigenvalue weighted by molar-refractivity contribution is -0.274. The zero-order valence-electron chi connectivity index (χ0n) is 16.0. The van der Waals surface area contributed by atoms with Crippen LogP contribution in [0.5, 0.6) is 5.75 Å². The van der Waals surface area contributed by atoms with E-state index in [1.54, 1.807) is 23.1 Å². The fourth-order valence-corrected chi connectivity index (χ4v) is 3.20. The SMILES string of the molecule is O=C(NCc1ccco1)C1CCN(C(=O)/C=C/c2ccccc2OC(F)(F)F)CC1. The average molecular weight is 422 g/mol. The summed E-state index contributed by atoms with van der Waals surface area (Å²) in [7, 11) is 0. The van der Waals surface area contributed by atoms with Crippen LogP contribution in [0.1, 0.15) is 24.2 Å². The van der Waals surface area contributed by atoms with E-state index in [1.165, 1.54) is 36.6 Å². The van der Waals surface area contributed by atoms with Gasteiger partial charge in [-0.05, 0) is 37.1 Å². The number of nitrogens with zero attached hydrogens (tertiary/aromatic N) is 1. The maximum Gasteiger partial charge on any atom is 0.573 e. The highest BCUT2D eigenvalue weighted by Gasteiger charge is 2.32. The van der Waals surface area contributed by atoms with E-state index in [4.69, 9.17) is 4.42 Å². The molecule has 2 heterocycles. The van der Waals surface area contributed by atoms with E-state index in [2.05, 4.69) is 10.1 Å². The normalized spacial score (nSPS) is 15.4. The van der Waals surface area contributed by atoms with Crippen LogP contribution in [-0.4, -0.2) is 36.2 Å². The van der Waals surface area contributed by atoms with Gasteiger partial charge in [0, 0.05) is 30.6 Å². The summed E-state index contributed by atoms with van der Waals surface area (Å²) in [5.41, 5.74) is 0.148. The summed E-state index contributed by atoms with van der Waals surface area (Å²) in [6, 6.07) is 9.10. The fourth-order valence-electron chi connectivity index (χ4n) is 3.20. The summed E-state index contributed by atoms with van der Waals surface area (Å²) in [6.45, 7) is 1.10. The molecule has 160 valence electrons. The molecule has 0 bridgehead atoms. The molecule has 0 aliphatic carbocycles. The molecule has 0 radical (unpaired) electrons. The van der Waals surface area contributed by atoms with E-state index < -0.39 is 6.36 Å². The molecule has 1 aromatic carbocycles. The monoisotopic (exact) mass is 422 g/mol. The van der Waals surface area contributed by atoms with Gasteiger partial charge in [0.15, 0.2) is 0 Å². The molecule has 2 amide bonds. The van der Waals surface area contributed by atoms with Gasteiger partial charge in [0.1, 0.15) is 11.5 Å². The van der Waals surface area contributed by atoms with E-state index in [1.807, 2.05) is 0 Å². The van der Waals surface area contributed by atoms with E-state index in [0.29, 0.717) is 38.2 Å². The first-order valence-electron chi connectivity index (χ1n) is 9.43. The molecular weight excluding hydrogens is 401 g/mol. The highest BCUT2D eigenvalue weighted by Crippen LogP contribution is 2.27. The van der Waals surface area contributed by atoms with Crippen molar-refractivity contribution in [2.75, 3.05) is 13.1 Å². The van der Waals surface area contributed by atoms with Crippen LogP contribution in [-0.2, 0) is 16.1 Å². The second kappa shape index (κ2) is 9.51. The molecule has 6 nitrogen and oxygen atoms in total. The Labute approximate surface area is 171 Å². The van der Waals surface area contributed by atoms with Crippen LogP contribution in [0.15, 0.2) is 53.2 Å². The Morgan fingerprint density at radius 3 is 2.57 bits per heavy atom. The number of halogens is 3. The van der Waals surface area contributed by atoms with Crippen LogP contribution in [0.3, 0.4) is 0 Å². The second-order valence-electron chi connectivity index (χ2n) is 6.82. The van der Waals surface area contributed by atoms with E-state index >= 15 is 0 Å². The molecule has 1 N–H and O–H groups in total. The largest absolute Gasteiger partial charge is 0.573 e. The van der Waals surface area contributed by atoms with Crippen LogP contribution in [0.2, 0.25) is 0 Å². The Morgan fingerprint density at radius 2 is 1.90 bits per heavy atom. The number of nitrogens with one attached hydrogen (secondary N) is 1. The Morgan fingerprint density at radius 1 is 1.17 bits per heavy atom. The number of benzene rings is 1. The van der Waals surface area contributed by atoms with Crippen LogP contribution >= 0.6 is 0 Å². The minimum absolute atomic E-state index is 0.0905. The molecular formula is C21H21F3N2O4. The van der Waals surface area contributed by atoms with E-state index in [-0.39, 0.29) is 29.0 Å². The number of rotatable bonds is 6. The molecule has 1 aliphatic rings. The number of piperidine rings is 1. The summed E-state index contributed by atoms with van der Waals surface area (Å²) < 4.78 is 46.6. The number of para-hydroxylation sites is 1. The molecule has 1 saturated heterocycles. The van der Waals surface area contributed by atoms with Gasteiger partial charge in [0.05, 0.1) is 12.8 Å². The average Bonchev–Trinajstić information content (AvgIpc) is 3.24. The molecule has 0 unspecified atom stereocenters. The molecule has 0 saturated carbocycles. The quantitative estimate of drug-likeness (QED) is 0.720. The highest BCUT2D eigenvalue weighted by atomic mass is 19.4. The molecule has 2 aromatic rings. The molecule has 1 fully saturated rings. The first kappa shape index (κ1) is 21.5. The van der Waals surface area contributed by atoms with Crippen molar-refractivity contribution in [3.05, 3.63) is 60.1 Å². The Hall–Kier alpha value is -3.23. The summed E-state index contributed by atoms with van der Waals surface area (Å²) in [5.74, 6) is -0.329. The summed E-state index contributed by atoms with van der Waals surface area (Å²) in [6.07, 6.45) is 0.260. The standard InChI is InChI=1S/C21H21F3N2O4/c22-21(23,24)30-18-6-2-1-4-15(18)7-8-19(27)26-11-9-16(10-12-26)20(28)25-14-17-5-3-13-29-17/h1-8,13,16H,9-12,14H2,(H,25,28)/b8-7+. The zero-order chi connectivity index (χ0) is 21.6. The van der Waals surface area contributed by atoms with Gasteiger partial charge in [-0.25, -0.2) is 0 Å². The smallest absolute Gasteiger partial charge is 0.467 e. The highest BCUT2D eigenvalue weighted by molar-refractivity contribution is 5.92. The molecule has 0 atom stereocenters. The summed E-state index contributed by atoms with van der Waals surface area (Å²) in [5, 5.41) is 2.81. The molecule has 1 aromatic heterocycles. The number of carbonyl (C=O) groups is 2. The Balaban J connectivity index is 1.50. The Kier molecular flexibility index (Phi) is 6.81. The number of amides is 2. The third-order valence-corrected chi connectivity index (χ3v) is 4.74. The van der Waals surface area contributed by atoms with Gasteiger partial charge in [-0.15, -0.1) is 13.2 Å². The minimum Gasteiger partial charge on any atom is -0.467 e. The summed E-state index contributed by atoms with van der Waals surface area (Å²) in [4.78, 5) is 26.2. The molecule has 3 rings (SSSR count). The number of likely N-dealkylation sites (tertiary alicyclic amines) is 1. The van der Waals surface area contributed by atoms with Gasteiger partial charge in [-0.3, -0.25) is 9.59 Å². The van der Waals surface area contributed by atoms with Crippen LogP contribution in [0.4, 0.5) is 13.2 Å². The lowest BCUT2D eigenvalue weighted by Crippen LogP contribution is -2.42. The first-order valence-corrected chi connectivity index (χ1v) is 9.43. The lowest BCUT2D eigenvalue weighted by atomic mass is 9.96. The molecule has 0 spiro atoms. The van der Waals surface area contributed by atoms with E-state index in [0.717, 1.165) is 0 Å². The third kappa shape index (κ3) is 6.13. The van der Waals surface area contributed by atoms with E-state index in [9.17, 15) is 22.8 Å². The number of carbonyl (C=O) groups excluding carboxylic acids is 2. The van der Waals surface area contributed by atoms with Crippen molar-refractivity contribution < 1.29 is 31.9 Å². The van der Waals surface area contributed by atoms with Gasteiger partial charge in [0.25, 0.3) is 0 Å². The van der Waals surface area contributed by atoms with Crippen LogP contribution in [0, 0.1) is 5.92 Å². The maximum absolute atomic E-state index is 12.5.